The molecule has 0 aromatic heterocycles. The first-order valence-electron chi connectivity index (χ1n) is 8.12. The molecule has 1 aromatic rings. The zero-order valence-corrected chi connectivity index (χ0v) is 16.9. The zero-order valence-electron chi connectivity index (χ0n) is 14.5. The highest BCUT2D eigenvalue weighted by Gasteiger charge is 2.34. The number of benzene rings is 1. The van der Waals surface area contributed by atoms with Crippen LogP contribution in [0.1, 0.15) is 12.0 Å². The maximum Gasteiger partial charge on any atom is 0.321 e. The van der Waals surface area contributed by atoms with Gasteiger partial charge in [0.15, 0.2) is 9.84 Å². The van der Waals surface area contributed by atoms with E-state index >= 15 is 0 Å². The molecule has 2 amide bonds. The topological polar surface area (TPSA) is 69.7 Å². The van der Waals surface area contributed by atoms with E-state index in [1.54, 1.807) is 17.2 Å². The van der Waals surface area contributed by atoms with Crippen molar-refractivity contribution in [3.8, 4) is 0 Å². The summed E-state index contributed by atoms with van der Waals surface area (Å²) in [5.41, 5.74) is 0.950. The molecule has 138 valence electrons. The van der Waals surface area contributed by atoms with Gasteiger partial charge < -0.3 is 15.1 Å². The van der Waals surface area contributed by atoms with Gasteiger partial charge >= 0.3 is 6.03 Å². The van der Waals surface area contributed by atoms with Crippen LogP contribution in [0.15, 0.2) is 34.9 Å². The number of amides is 2. The number of hydrogen-bond donors (Lipinski definition) is 1. The van der Waals surface area contributed by atoms with Gasteiger partial charge in [0.1, 0.15) is 0 Å². The fraction of sp³-hybridized carbons (Fsp3) is 0.471. The smallest absolute Gasteiger partial charge is 0.319 e. The monoisotopic (exact) mass is 429 g/mol. The van der Waals surface area contributed by atoms with Crippen LogP contribution in [0, 0.1) is 0 Å². The third-order valence-electron chi connectivity index (χ3n) is 4.07. The molecule has 2 rings (SSSR count). The Morgan fingerprint density at radius 1 is 1.32 bits per heavy atom. The SMILES string of the molecule is CN(C)CCN(C(=O)N/C=C/c1ccccc1Br)C1CCS(=O)(=O)C1. The van der Waals surface area contributed by atoms with Crippen molar-refractivity contribution in [2.24, 2.45) is 0 Å². The number of likely N-dealkylation sites (N-methyl/N-ethyl adjacent to an activating group) is 1. The van der Waals surface area contributed by atoms with E-state index in [4.69, 9.17) is 0 Å². The summed E-state index contributed by atoms with van der Waals surface area (Å²) in [5.74, 6) is 0.192. The van der Waals surface area contributed by atoms with E-state index in [2.05, 4.69) is 21.2 Å². The number of halogens is 1. The van der Waals surface area contributed by atoms with Crippen LogP contribution in [0.4, 0.5) is 4.79 Å². The maximum atomic E-state index is 12.6. The van der Waals surface area contributed by atoms with E-state index in [9.17, 15) is 13.2 Å². The van der Waals surface area contributed by atoms with Gasteiger partial charge in [-0.15, -0.1) is 0 Å². The van der Waals surface area contributed by atoms with Crippen molar-refractivity contribution in [1.29, 1.82) is 0 Å². The second-order valence-electron chi connectivity index (χ2n) is 6.36. The number of sulfone groups is 1. The Morgan fingerprint density at radius 2 is 2.04 bits per heavy atom. The molecule has 25 heavy (non-hydrogen) atoms. The molecule has 0 bridgehead atoms. The minimum Gasteiger partial charge on any atom is -0.319 e. The average Bonchev–Trinajstić information content (AvgIpc) is 2.89. The molecule has 1 aliphatic rings. The van der Waals surface area contributed by atoms with Gasteiger partial charge in [-0.05, 0) is 38.2 Å². The van der Waals surface area contributed by atoms with Gasteiger partial charge in [-0.1, -0.05) is 34.1 Å². The van der Waals surface area contributed by atoms with Gasteiger partial charge in [0.25, 0.3) is 0 Å². The number of carbonyl (C=O) groups is 1. The molecule has 0 radical (unpaired) electrons. The van der Waals surface area contributed by atoms with Crippen LogP contribution in [0.5, 0.6) is 0 Å². The van der Waals surface area contributed by atoms with Crippen LogP contribution in [-0.4, -0.2) is 69.0 Å². The van der Waals surface area contributed by atoms with Crippen molar-refractivity contribution < 1.29 is 13.2 Å². The molecule has 0 aliphatic carbocycles. The lowest BCUT2D eigenvalue weighted by Crippen LogP contribution is -2.48. The second-order valence-corrected chi connectivity index (χ2v) is 9.44. The molecule has 0 saturated carbocycles. The van der Waals surface area contributed by atoms with Crippen LogP contribution in [-0.2, 0) is 9.84 Å². The second kappa shape index (κ2) is 8.82. The van der Waals surface area contributed by atoms with Crippen LogP contribution >= 0.6 is 15.9 Å². The highest BCUT2D eigenvalue weighted by molar-refractivity contribution is 9.10. The minimum atomic E-state index is -3.04. The van der Waals surface area contributed by atoms with Crippen LogP contribution < -0.4 is 5.32 Å². The molecular weight excluding hydrogens is 406 g/mol. The summed E-state index contributed by atoms with van der Waals surface area (Å²) in [7, 11) is 0.809. The molecule has 8 heteroatoms. The van der Waals surface area contributed by atoms with Crippen LogP contribution in [0.25, 0.3) is 6.08 Å². The Bertz CT molecular complexity index is 734. The van der Waals surface area contributed by atoms with Gasteiger partial charge in [0, 0.05) is 29.8 Å². The van der Waals surface area contributed by atoms with E-state index < -0.39 is 9.84 Å². The number of urea groups is 1. The van der Waals surface area contributed by atoms with Crippen LogP contribution in [0.3, 0.4) is 0 Å². The molecule has 1 aromatic carbocycles. The van der Waals surface area contributed by atoms with Crippen molar-refractivity contribution in [3.05, 3.63) is 40.5 Å². The first-order chi connectivity index (χ1) is 11.8. The molecule has 1 aliphatic heterocycles. The predicted molar refractivity (Wildman–Crippen MR) is 104 cm³/mol. The van der Waals surface area contributed by atoms with Crippen molar-refractivity contribution in [3.63, 3.8) is 0 Å². The van der Waals surface area contributed by atoms with Crippen molar-refractivity contribution in [2.75, 3.05) is 38.7 Å². The first kappa shape index (κ1) is 19.9. The fourth-order valence-electron chi connectivity index (χ4n) is 2.67. The lowest BCUT2D eigenvalue weighted by Gasteiger charge is -2.29. The molecule has 1 N–H and O–H groups in total. The normalized spacial score (nSPS) is 19.4. The highest BCUT2D eigenvalue weighted by Crippen LogP contribution is 2.19. The van der Waals surface area contributed by atoms with E-state index in [1.807, 2.05) is 43.3 Å². The Kier molecular flexibility index (Phi) is 7.04. The Balaban J connectivity index is 2.03. The Hall–Kier alpha value is -1.38. The number of carbonyl (C=O) groups excluding carboxylic acids is 1. The molecule has 1 atom stereocenters. The van der Waals surface area contributed by atoms with E-state index in [-0.39, 0.29) is 23.6 Å². The molecule has 6 nitrogen and oxygen atoms in total. The number of nitrogens with zero attached hydrogens (tertiary/aromatic N) is 2. The number of rotatable bonds is 6. The fourth-order valence-corrected chi connectivity index (χ4v) is 4.82. The summed E-state index contributed by atoms with van der Waals surface area (Å²) >= 11 is 3.45. The van der Waals surface area contributed by atoms with Crippen molar-refractivity contribution in [1.82, 2.24) is 15.1 Å². The lowest BCUT2D eigenvalue weighted by molar-refractivity contribution is 0.176. The predicted octanol–water partition coefficient (Wildman–Crippen LogP) is 2.18. The summed E-state index contributed by atoms with van der Waals surface area (Å²) in [6.45, 7) is 1.17. The average molecular weight is 430 g/mol. The van der Waals surface area contributed by atoms with Gasteiger partial charge in [0.05, 0.1) is 11.5 Å². The third-order valence-corrected chi connectivity index (χ3v) is 6.55. The van der Waals surface area contributed by atoms with Gasteiger partial charge in [0.2, 0.25) is 0 Å². The third kappa shape index (κ3) is 6.13. The highest BCUT2D eigenvalue weighted by atomic mass is 79.9. The number of hydrogen-bond acceptors (Lipinski definition) is 4. The summed E-state index contributed by atoms with van der Waals surface area (Å²) in [6, 6.07) is 7.16. The van der Waals surface area contributed by atoms with E-state index in [1.165, 1.54) is 0 Å². The molecular formula is C17H24BrN3O3S. The largest absolute Gasteiger partial charge is 0.321 e. The first-order valence-corrected chi connectivity index (χ1v) is 10.7. The van der Waals surface area contributed by atoms with E-state index in [0.29, 0.717) is 19.5 Å². The maximum absolute atomic E-state index is 12.6. The molecule has 1 fully saturated rings. The summed E-state index contributed by atoms with van der Waals surface area (Å²) < 4.78 is 24.4. The summed E-state index contributed by atoms with van der Waals surface area (Å²) in [4.78, 5) is 16.2. The molecule has 1 saturated heterocycles. The summed E-state index contributed by atoms with van der Waals surface area (Å²) in [5, 5.41) is 2.76. The molecule has 1 heterocycles. The quantitative estimate of drug-likeness (QED) is 0.751. The van der Waals surface area contributed by atoms with Gasteiger partial charge in [-0.25, -0.2) is 13.2 Å². The van der Waals surface area contributed by atoms with Gasteiger partial charge in [-0.3, -0.25) is 0 Å². The minimum absolute atomic E-state index is 0.0434. The molecule has 1 unspecified atom stereocenters. The number of nitrogens with one attached hydrogen (secondary N) is 1. The van der Waals surface area contributed by atoms with Crippen molar-refractivity contribution >= 4 is 37.9 Å². The molecule has 0 spiro atoms. The van der Waals surface area contributed by atoms with Crippen LogP contribution in [0.2, 0.25) is 0 Å². The van der Waals surface area contributed by atoms with Crippen molar-refractivity contribution in [2.45, 2.75) is 12.5 Å². The lowest BCUT2D eigenvalue weighted by atomic mass is 10.2. The summed E-state index contributed by atoms with van der Waals surface area (Å²) in [6.07, 6.45) is 3.89. The van der Waals surface area contributed by atoms with Gasteiger partial charge in [-0.2, -0.15) is 0 Å². The zero-order chi connectivity index (χ0) is 18.4. The Labute approximate surface area is 157 Å². The van der Waals surface area contributed by atoms with E-state index in [0.717, 1.165) is 10.0 Å². The Morgan fingerprint density at radius 3 is 2.64 bits per heavy atom. The standard InChI is InChI=1S/C17H24BrN3O3S/c1-20(2)10-11-21(15-8-12-25(23,24)13-15)17(22)19-9-7-14-5-3-4-6-16(14)18/h3-7,9,15H,8,10-13H2,1-2H3,(H,19,22)/b9-7+.